The van der Waals surface area contributed by atoms with Gasteiger partial charge in [-0.05, 0) is 57.2 Å². The predicted molar refractivity (Wildman–Crippen MR) is 102 cm³/mol. The maximum atomic E-state index is 11.6. The Labute approximate surface area is 156 Å². The molecule has 0 unspecified atom stereocenters. The van der Waals surface area contributed by atoms with Gasteiger partial charge in [0.25, 0.3) is 0 Å². The lowest BCUT2D eigenvalue weighted by molar-refractivity contribution is -0.160. The fraction of sp³-hybridized carbons (Fsp3) is 0.667. The van der Waals surface area contributed by atoms with Crippen molar-refractivity contribution in [3.05, 3.63) is 22.3 Å². The first-order valence-electron chi connectivity index (χ1n) is 9.48. The molecule has 1 aromatic rings. The Morgan fingerprint density at radius 2 is 1.92 bits per heavy atom. The Kier molecular flexibility index (Phi) is 4.95. The van der Waals surface area contributed by atoms with Crippen molar-refractivity contribution in [1.82, 2.24) is 0 Å². The topological polar surface area (TPSA) is 59.0 Å². The lowest BCUT2D eigenvalue weighted by atomic mass is 9.89. The Morgan fingerprint density at radius 1 is 1.23 bits per heavy atom. The largest absolute Gasteiger partial charge is 0.487 e. The smallest absolute Gasteiger partial charge is 0.308 e. The fourth-order valence-corrected chi connectivity index (χ4v) is 4.48. The summed E-state index contributed by atoms with van der Waals surface area (Å²) in [6.07, 6.45) is 2.20. The maximum Gasteiger partial charge on any atom is 0.308 e. The van der Waals surface area contributed by atoms with Gasteiger partial charge in [-0.25, -0.2) is 0 Å². The number of fused-ring (bicyclic) bond motifs is 1. The Morgan fingerprint density at radius 3 is 2.54 bits per heavy atom. The van der Waals surface area contributed by atoms with Crippen LogP contribution in [-0.4, -0.2) is 43.0 Å². The highest BCUT2D eigenvalue weighted by Crippen LogP contribution is 2.46. The van der Waals surface area contributed by atoms with Crippen molar-refractivity contribution in [2.24, 2.45) is 0 Å². The molecule has 2 heterocycles. The van der Waals surface area contributed by atoms with Gasteiger partial charge in [-0.1, -0.05) is 0 Å². The molecule has 5 heteroatoms. The van der Waals surface area contributed by atoms with Crippen LogP contribution in [0.25, 0.3) is 0 Å². The van der Waals surface area contributed by atoms with Crippen LogP contribution in [0.1, 0.15) is 55.4 Å². The molecule has 0 spiro atoms. The normalized spacial score (nSPS) is 24.0. The molecular formula is C21H31NO4. The van der Waals surface area contributed by atoms with E-state index in [1.54, 1.807) is 0 Å². The summed E-state index contributed by atoms with van der Waals surface area (Å²) in [5.41, 5.74) is 6.06. The lowest BCUT2D eigenvalue weighted by Gasteiger charge is -2.28. The third kappa shape index (κ3) is 3.54. The van der Waals surface area contributed by atoms with Crippen LogP contribution in [0.3, 0.4) is 0 Å². The molecule has 2 atom stereocenters. The number of cyclic esters (lactones) is 1. The summed E-state index contributed by atoms with van der Waals surface area (Å²) in [7, 11) is 4.15. The molecule has 1 aromatic carbocycles. The maximum absolute atomic E-state index is 11.6. The van der Waals surface area contributed by atoms with Crippen molar-refractivity contribution in [3.8, 4) is 5.75 Å². The second-order valence-corrected chi connectivity index (χ2v) is 8.56. The number of ether oxygens (including phenoxy) is 2. The van der Waals surface area contributed by atoms with E-state index in [-0.39, 0.29) is 24.1 Å². The molecule has 26 heavy (non-hydrogen) atoms. The summed E-state index contributed by atoms with van der Waals surface area (Å²) in [6, 6.07) is 0. The number of esters is 1. The number of aliphatic hydroxyl groups is 1. The zero-order chi connectivity index (χ0) is 19.2. The van der Waals surface area contributed by atoms with E-state index in [4.69, 9.17) is 9.47 Å². The first kappa shape index (κ1) is 19.0. The van der Waals surface area contributed by atoms with Crippen molar-refractivity contribution in [3.63, 3.8) is 0 Å². The number of carbonyl (C=O) groups excluding carboxylic acids is 1. The van der Waals surface area contributed by atoms with Crippen molar-refractivity contribution >= 4 is 11.7 Å². The zero-order valence-corrected chi connectivity index (χ0v) is 16.8. The molecule has 1 fully saturated rings. The molecule has 0 bridgehead atoms. The summed E-state index contributed by atoms with van der Waals surface area (Å²) in [5.74, 6) is 0.712. The highest BCUT2D eigenvalue weighted by atomic mass is 16.5. The van der Waals surface area contributed by atoms with Crippen molar-refractivity contribution in [2.45, 2.75) is 77.6 Å². The SMILES string of the molecule is Cc1c(CC[C@H]2C[C@H](O)CC(=O)O2)c2c(c(C)c1N(C)C)CC(C)(C)O2. The average molecular weight is 361 g/mol. The predicted octanol–water partition coefficient (Wildman–Crippen LogP) is 3.08. The van der Waals surface area contributed by atoms with E-state index in [1.165, 1.54) is 27.9 Å². The third-order valence-electron chi connectivity index (χ3n) is 5.54. The van der Waals surface area contributed by atoms with Crippen LogP contribution in [0.15, 0.2) is 0 Å². The number of anilines is 1. The highest BCUT2D eigenvalue weighted by Gasteiger charge is 2.36. The van der Waals surface area contributed by atoms with Crippen LogP contribution in [0.2, 0.25) is 0 Å². The molecular weight excluding hydrogens is 330 g/mol. The fourth-order valence-electron chi connectivity index (χ4n) is 4.48. The third-order valence-corrected chi connectivity index (χ3v) is 5.54. The standard InChI is InChI=1S/C21H31NO4/c1-12-16(8-7-15-9-14(23)10-18(24)25-15)20-17(11-21(3,4)26-20)13(2)19(12)22(5)6/h14-15,23H,7-11H2,1-6H3/t14-,15-/m0/s1. The summed E-state index contributed by atoms with van der Waals surface area (Å²) < 4.78 is 11.8. The van der Waals surface area contributed by atoms with E-state index < -0.39 is 6.10 Å². The molecule has 144 valence electrons. The highest BCUT2D eigenvalue weighted by molar-refractivity contribution is 5.71. The van der Waals surface area contributed by atoms with E-state index in [0.717, 1.165) is 18.6 Å². The van der Waals surface area contributed by atoms with Crippen LogP contribution in [0.4, 0.5) is 5.69 Å². The van der Waals surface area contributed by atoms with Gasteiger partial charge in [0, 0.05) is 38.2 Å². The molecule has 5 nitrogen and oxygen atoms in total. The number of hydrogen-bond acceptors (Lipinski definition) is 5. The van der Waals surface area contributed by atoms with Gasteiger partial charge in [0.1, 0.15) is 17.5 Å². The van der Waals surface area contributed by atoms with Crippen LogP contribution >= 0.6 is 0 Å². The van der Waals surface area contributed by atoms with E-state index >= 15 is 0 Å². The summed E-state index contributed by atoms with van der Waals surface area (Å²) >= 11 is 0. The number of rotatable bonds is 4. The minimum atomic E-state index is -0.585. The number of carbonyl (C=O) groups is 1. The second-order valence-electron chi connectivity index (χ2n) is 8.56. The van der Waals surface area contributed by atoms with Gasteiger partial charge in [-0.2, -0.15) is 0 Å². The molecule has 0 radical (unpaired) electrons. The number of aliphatic hydroxyl groups excluding tert-OH is 1. The number of nitrogens with zero attached hydrogens (tertiary/aromatic N) is 1. The number of hydrogen-bond donors (Lipinski definition) is 1. The minimum absolute atomic E-state index is 0.109. The summed E-state index contributed by atoms with van der Waals surface area (Å²) in [5, 5.41) is 9.85. The van der Waals surface area contributed by atoms with E-state index in [0.29, 0.717) is 12.8 Å². The second kappa shape index (κ2) is 6.76. The van der Waals surface area contributed by atoms with Gasteiger partial charge in [-0.3, -0.25) is 4.79 Å². The molecule has 0 aliphatic carbocycles. The molecule has 0 amide bonds. The molecule has 2 aliphatic rings. The lowest BCUT2D eigenvalue weighted by Crippen LogP contribution is -2.32. The van der Waals surface area contributed by atoms with E-state index in [1.807, 2.05) is 0 Å². The Hall–Kier alpha value is -1.75. The summed E-state index contributed by atoms with van der Waals surface area (Å²) in [6.45, 7) is 8.57. The molecule has 2 aliphatic heterocycles. The van der Waals surface area contributed by atoms with Gasteiger partial charge >= 0.3 is 5.97 Å². The van der Waals surface area contributed by atoms with E-state index in [2.05, 4.69) is 46.7 Å². The zero-order valence-electron chi connectivity index (χ0n) is 16.8. The minimum Gasteiger partial charge on any atom is -0.487 e. The van der Waals surface area contributed by atoms with Gasteiger partial charge in [0.15, 0.2) is 0 Å². The van der Waals surface area contributed by atoms with Gasteiger partial charge < -0.3 is 19.5 Å². The first-order chi connectivity index (χ1) is 12.1. The number of benzene rings is 1. The quantitative estimate of drug-likeness (QED) is 0.835. The van der Waals surface area contributed by atoms with Crippen LogP contribution < -0.4 is 9.64 Å². The van der Waals surface area contributed by atoms with Crippen LogP contribution in [0.5, 0.6) is 5.75 Å². The van der Waals surface area contributed by atoms with E-state index in [9.17, 15) is 9.90 Å². The Bertz CT molecular complexity index is 723. The summed E-state index contributed by atoms with van der Waals surface area (Å²) in [4.78, 5) is 13.8. The monoisotopic (exact) mass is 361 g/mol. The van der Waals surface area contributed by atoms with Crippen LogP contribution in [-0.2, 0) is 22.4 Å². The molecule has 0 aromatic heterocycles. The molecule has 1 N–H and O–H groups in total. The van der Waals surface area contributed by atoms with Gasteiger partial charge in [-0.15, -0.1) is 0 Å². The molecule has 1 saturated heterocycles. The van der Waals surface area contributed by atoms with Crippen molar-refractivity contribution in [1.29, 1.82) is 0 Å². The first-order valence-corrected chi connectivity index (χ1v) is 9.48. The van der Waals surface area contributed by atoms with Crippen molar-refractivity contribution < 1.29 is 19.4 Å². The van der Waals surface area contributed by atoms with Gasteiger partial charge in [0.05, 0.1) is 12.5 Å². The average Bonchev–Trinajstić information content (AvgIpc) is 2.81. The Balaban J connectivity index is 1.93. The van der Waals surface area contributed by atoms with Crippen molar-refractivity contribution in [2.75, 3.05) is 19.0 Å². The van der Waals surface area contributed by atoms with Gasteiger partial charge in [0.2, 0.25) is 0 Å². The van der Waals surface area contributed by atoms with Crippen LogP contribution in [0, 0.1) is 13.8 Å². The molecule has 3 rings (SSSR count). The molecule has 0 saturated carbocycles.